The van der Waals surface area contributed by atoms with Crippen LogP contribution in [0.15, 0.2) is 0 Å². The van der Waals surface area contributed by atoms with Gasteiger partial charge in [0, 0.05) is 12.8 Å². The monoisotopic (exact) mass is 242 g/mol. The van der Waals surface area contributed by atoms with Crippen molar-refractivity contribution in [3.63, 3.8) is 0 Å². The molecular formula is C13H22O4. The molecule has 3 unspecified atom stereocenters. The van der Waals surface area contributed by atoms with E-state index in [4.69, 9.17) is 9.47 Å². The zero-order valence-corrected chi connectivity index (χ0v) is 11.3. The molecule has 4 heteroatoms. The number of carbonyl (C=O) groups is 2. The molecule has 1 rings (SSSR count). The third-order valence-corrected chi connectivity index (χ3v) is 2.81. The minimum absolute atomic E-state index is 0.0227. The molecule has 1 aliphatic rings. The van der Waals surface area contributed by atoms with Crippen molar-refractivity contribution in [3.8, 4) is 0 Å². The number of cyclic esters (lactones) is 1. The number of ether oxygens (including phenoxy) is 2. The molecule has 0 aromatic carbocycles. The van der Waals surface area contributed by atoms with Crippen LogP contribution < -0.4 is 0 Å². The highest BCUT2D eigenvalue weighted by Crippen LogP contribution is 2.32. The van der Waals surface area contributed by atoms with Crippen LogP contribution in [0.3, 0.4) is 0 Å². The summed E-state index contributed by atoms with van der Waals surface area (Å²) in [4.78, 5) is 22.4. The zero-order chi connectivity index (χ0) is 13.2. The van der Waals surface area contributed by atoms with Crippen molar-refractivity contribution in [2.45, 2.75) is 59.7 Å². The molecular weight excluding hydrogens is 220 g/mol. The highest BCUT2D eigenvalue weighted by atomic mass is 16.6. The smallest absolute Gasteiger partial charge is 0.306 e. The minimum Gasteiger partial charge on any atom is -0.459 e. The Hall–Kier alpha value is -1.06. The van der Waals surface area contributed by atoms with E-state index < -0.39 is 0 Å². The first-order valence-corrected chi connectivity index (χ1v) is 6.06. The quantitative estimate of drug-likeness (QED) is 0.713. The topological polar surface area (TPSA) is 52.6 Å². The van der Waals surface area contributed by atoms with Crippen molar-refractivity contribution < 1.29 is 19.1 Å². The lowest BCUT2D eigenvalue weighted by atomic mass is 9.85. The van der Waals surface area contributed by atoms with Gasteiger partial charge in [-0.3, -0.25) is 9.59 Å². The summed E-state index contributed by atoms with van der Waals surface area (Å²) in [5.74, 6) is -0.419. The van der Waals surface area contributed by atoms with E-state index in [1.807, 2.05) is 6.92 Å². The van der Waals surface area contributed by atoms with Gasteiger partial charge in [0.15, 0.2) is 0 Å². The van der Waals surface area contributed by atoms with E-state index in [1.165, 1.54) is 6.92 Å². The Morgan fingerprint density at radius 1 is 1.53 bits per heavy atom. The van der Waals surface area contributed by atoms with E-state index >= 15 is 0 Å². The van der Waals surface area contributed by atoms with E-state index in [2.05, 4.69) is 20.8 Å². The predicted molar refractivity (Wildman–Crippen MR) is 63.3 cm³/mol. The normalized spacial score (nSPS) is 26.5. The summed E-state index contributed by atoms with van der Waals surface area (Å²) < 4.78 is 10.6. The Bertz CT molecular complexity index is 303. The number of carbonyl (C=O) groups excluding carboxylic acids is 2. The second-order valence-corrected chi connectivity index (χ2v) is 6.05. The van der Waals surface area contributed by atoms with Crippen molar-refractivity contribution >= 4 is 11.9 Å². The van der Waals surface area contributed by atoms with Crippen LogP contribution in [0.25, 0.3) is 0 Å². The minimum atomic E-state index is -0.339. The van der Waals surface area contributed by atoms with Crippen LogP contribution in [0.2, 0.25) is 0 Å². The molecule has 1 heterocycles. The molecule has 0 N–H and O–H groups in total. The van der Waals surface area contributed by atoms with Gasteiger partial charge in [-0.2, -0.15) is 0 Å². The fourth-order valence-electron chi connectivity index (χ4n) is 2.18. The van der Waals surface area contributed by atoms with Crippen molar-refractivity contribution in [2.24, 2.45) is 11.3 Å². The first-order chi connectivity index (χ1) is 7.69. The van der Waals surface area contributed by atoms with E-state index in [1.54, 1.807) is 0 Å². The Kier molecular flexibility index (Phi) is 4.17. The average molecular weight is 242 g/mol. The van der Waals surface area contributed by atoms with Crippen LogP contribution in [0.5, 0.6) is 0 Å². The molecule has 98 valence electrons. The molecule has 1 aliphatic heterocycles. The van der Waals surface area contributed by atoms with Crippen molar-refractivity contribution in [1.29, 1.82) is 0 Å². The van der Waals surface area contributed by atoms with E-state index in [-0.39, 0.29) is 35.5 Å². The summed E-state index contributed by atoms with van der Waals surface area (Å²) in [6.07, 6.45) is 0.459. The van der Waals surface area contributed by atoms with Crippen molar-refractivity contribution in [2.75, 3.05) is 0 Å². The van der Waals surface area contributed by atoms with Crippen LogP contribution >= 0.6 is 0 Å². The number of rotatable bonds is 3. The molecule has 0 aromatic heterocycles. The molecule has 0 aromatic rings. The standard InChI is InChI=1S/C13H22O4/c1-8-6-11(15)17-12(8)10(16-9(2)14)7-13(3,4)5/h8,10,12H,6-7H2,1-5H3. The van der Waals surface area contributed by atoms with Gasteiger partial charge in [-0.25, -0.2) is 0 Å². The molecule has 3 atom stereocenters. The van der Waals surface area contributed by atoms with Gasteiger partial charge in [0.25, 0.3) is 0 Å². The first kappa shape index (κ1) is 14.0. The number of hydrogen-bond acceptors (Lipinski definition) is 4. The van der Waals surface area contributed by atoms with Crippen molar-refractivity contribution in [3.05, 3.63) is 0 Å². The molecule has 1 fully saturated rings. The number of hydrogen-bond donors (Lipinski definition) is 0. The molecule has 0 spiro atoms. The van der Waals surface area contributed by atoms with Gasteiger partial charge in [-0.1, -0.05) is 27.7 Å². The van der Waals surface area contributed by atoms with Crippen LogP contribution in [-0.2, 0) is 19.1 Å². The lowest BCUT2D eigenvalue weighted by Crippen LogP contribution is -2.37. The average Bonchev–Trinajstić information content (AvgIpc) is 2.40. The van der Waals surface area contributed by atoms with Gasteiger partial charge in [0.05, 0.1) is 6.42 Å². The maximum absolute atomic E-state index is 11.3. The molecule has 0 radical (unpaired) electrons. The van der Waals surface area contributed by atoms with Gasteiger partial charge in [0.2, 0.25) is 0 Å². The van der Waals surface area contributed by atoms with Gasteiger partial charge < -0.3 is 9.47 Å². The molecule has 0 bridgehead atoms. The van der Waals surface area contributed by atoms with Crippen LogP contribution in [0.4, 0.5) is 0 Å². The van der Waals surface area contributed by atoms with E-state index in [0.29, 0.717) is 12.8 Å². The van der Waals surface area contributed by atoms with Crippen molar-refractivity contribution in [1.82, 2.24) is 0 Å². The van der Waals surface area contributed by atoms with Gasteiger partial charge in [0.1, 0.15) is 12.2 Å². The Morgan fingerprint density at radius 2 is 2.12 bits per heavy atom. The predicted octanol–water partition coefficient (Wildman–Crippen LogP) is 2.31. The second-order valence-electron chi connectivity index (χ2n) is 6.05. The van der Waals surface area contributed by atoms with Gasteiger partial charge in [-0.05, 0) is 11.8 Å². The Morgan fingerprint density at radius 3 is 2.47 bits per heavy atom. The SMILES string of the molecule is CC(=O)OC(CC(C)(C)C)C1OC(=O)CC1C. The highest BCUT2D eigenvalue weighted by molar-refractivity contribution is 5.72. The Labute approximate surface area is 103 Å². The zero-order valence-electron chi connectivity index (χ0n) is 11.3. The maximum Gasteiger partial charge on any atom is 0.306 e. The molecule has 0 aliphatic carbocycles. The first-order valence-electron chi connectivity index (χ1n) is 6.06. The Balaban J connectivity index is 2.75. The maximum atomic E-state index is 11.3. The largest absolute Gasteiger partial charge is 0.459 e. The summed E-state index contributed by atoms with van der Waals surface area (Å²) in [5.41, 5.74) is 0.0227. The number of esters is 2. The molecule has 0 amide bonds. The second kappa shape index (κ2) is 5.07. The summed E-state index contributed by atoms with van der Waals surface area (Å²) in [6.45, 7) is 9.56. The lowest BCUT2D eigenvalue weighted by molar-refractivity contribution is -0.163. The third kappa shape index (κ3) is 4.36. The fourth-order valence-corrected chi connectivity index (χ4v) is 2.18. The lowest BCUT2D eigenvalue weighted by Gasteiger charge is -2.30. The summed E-state index contributed by atoms with van der Waals surface area (Å²) in [6, 6.07) is 0. The van der Waals surface area contributed by atoms with Crippen LogP contribution in [0, 0.1) is 11.3 Å². The molecule has 4 nitrogen and oxygen atoms in total. The van der Waals surface area contributed by atoms with Crippen LogP contribution in [0.1, 0.15) is 47.5 Å². The van der Waals surface area contributed by atoms with Crippen LogP contribution in [-0.4, -0.2) is 24.1 Å². The summed E-state index contributed by atoms with van der Waals surface area (Å²) in [5, 5.41) is 0. The molecule has 17 heavy (non-hydrogen) atoms. The van der Waals surface area contributed by atoms with Gasteiger partial charge in [-0.15, -0.1) is 0 Å². The highest BCUT2D eigenvalue weighted by Gasteiger charge is 2.40. The van der Waals surface area contributed by atoms with E-state index in [9.17, 15) is 9.59 Å². The summed E-state index contributed by atoms with van der Waals surface area (Å²) >= 11 is 0. The summed E-state index contributed by atoms with van der Waals surface area (Å²) in [7, 11) is 0. The molecule has 0 saturated carbocycles. The fraction of sp³-hybridized carbons (Fsp3) is 0.846. The molecule has 1 saturated heterocycles. The third-order valence-electron chi connectivity index (χ3n) is 2.81. The van der Waals surface area contributed by atoms with E-state index in [0.717, 1.165) is 0 Å². The van der Waals surface area contributed by atoms with Gasteiger partial charge >= 0.3 is 11.9 Å².